The zero-order valence-electron chi connectivity index (χ0n) is 16.2. The van der Waals surface area contributed by atoms with Crippen LogP contribution < -0.4 is 5.32 Å². The summed E-state index contributed by atoms with van der Waals surface area (Å²) in [6.07, 6.45) is 0. The van der Waals surface area contributed by atoms with E-state index >= 15 is 0 Å². The number of fused-ring (bicyclic) bond motifs is 1. The van der Waals surface area contributed by atoms with Crippen molar-refractivity contribution in [3.8, 4) is 5.69 Å². The molecule has 4 rings (SSSR count). The molecule has 2 aromatic carbocycles. The van der Waals surface area contributed by atoms with Gasteiger partial charge in [0.05, 0.1) is 22.4 Å². The lowest BCUT2D eigenvalue weighted by atomic mass is 10.2. The zero-order chi connectivity index (χ0) is 19.7. The third-order valence-corrected chi connectivity index (χ3v) is 4.82. The van der Waals surface area contributed by atoms with E-state index in [1.165, 1.54) is 0 Å². The number of carbonyl (C=O) groups is 1. The summed E-state index contributed by atoms with van der Waals surface area (Å²) in [5.41, 5.74) is 5.10. The second kappa shape index (κ2) is 7.26. The smallest absolute Gasteiger partial charge is 0.273 e. The number of rotatable bonds is 5. The molecule has 0 saturated carbocycles. The number of carbonyl (C=O) groups excluding carboxylic acids is 1. The molecule has 0 spiro atoms. The molecular formula is C21H22N6O. The standard InChI is InChI=1S/C21H22N6O/c1-14-7-6-8-17(13-14)27-15(2)20(24-25-27)21(28)22-11-12-26-16(3)23-18-9-4-5-10-19(18)26/h4-10,13H,11-12H2,1-3H3,(H,22,28). The second-order valence-electron chi connectivity index (χ2n) is 6.83. The van der Waals surface area contributed by atoms with E-state index < -0.39 is 0 Å². The Balaban J connectivity index is 1.47. The monoisotopic (exact) mass is 374 g/mol. The molecule has 7 nitrogen and oxygen atoms in total. The Labute approximate surface area is 163 Å². The highest BCUT2D eigenvalue weighted by Gasteiger charge is 2.17. The first-order chi connectivity index (χ1) is 13.5. The summed E-state index contributed by atoms with van der Waals surface area (Å²) in [6.45, 7) is 6.97. The third kappa shape index (κ3) is 3.26. The van der Waals surface area contributed by atoms with Gasteiger partial charge in [0.1, 0.15) is 5.82 Å². The number of hydrogen-bond donors (Lipinski definition) is 1. The Morgan fingerprint density at radius 2 is 1.89 bits per heavy atom. The molecule has 2 heterocycles. The molecule has 0 radical (unpaired) electrons. The van der Waals surface area contributed by atoms with Crippen molar-refractivity contribution in [1.82, 2.24) is 29.9 Å². The van der Waals surface area contributed by atoms with Crippen LogP contribution in [0.2, 0.25) is 0 Å². The van der Waals surface area contributed by atoms with Gasteiger partial charge in [-0.05, 0) is 50.6 Å². The highest BCUT2D eigenvalue weighted by molar-refractivity contribution is 5.93. The Bertz CT molecular complexity index is 1160. The highest BCUT2D eigenvalue weighted by Crippen LogP contribution is 2.15. The van der Waals surface area contributed by atoms with E-state index in [1.807, 2.05) is 69.3 Å². The van der Waals surface area contributed by atoms with Crippen molar-refractivity contribution < 1.29 is 4.79 Å². The van der Waals surface area contributed by atoms with Crippen molar-refractivity contribution >= 4 is 16.9 Å². The maximum atomic E-state index is 12.6. The van der Waals surface area contributed by atoms with Gasteiger partial charge in [0.25, 0.3) is 5.91 Å². The van der Waals surface area contributed by atoms with Gasteiger partial charge in [0.2, 0.25) is 0 Å². The predicted octanol–water partition coefficient (Wildman–Crippen LogP) is 2.97. The topological polar surface area (TPSA) is 77.6 Å². The SMILES string of the molecule is Cc1cccc(-n2nnc(C(=O)NCCn3c(C)nc4ccccc43)c2C)c1. The Morgan fingerprint density at radius 3 is 2.71 bits per heavy atom. The van der Waals surface area contributed by atoms with Crippen LogP contribution in [0, 0.1) is 20.8 Å². The summed E-state index contributed by atoms with van der Waals surface area (Å²) in [7, 11) is 0. The van der Waals surface area contributed by atoms with Crippen molar-refractivity contribution in [3.63, 3.8) is 0 Å². The number of aryl methyl sites for hydroxylation is 2. The van der Waals surface area contributed by atoms with E-state index in [-0.39, 0.29) is 5.91 Å². The first kappa shape index (κ1) is 17.9. The van der Waals surface area contributed by atoms with Gasteiger partial charge in [-0.15, -0.1) is 5.10 Å². The molecule has 0 aliphatic carbocycles. The minimum Gasteiger partial charge on any atom is -0.349 e. The van der Waals surface area contributed by atoms with Gasteiger partial charge in [-0.3, -0.25) is 4.79 Å². The van der Waals surface area contributed by atoms with E-state index in [0.717, 1.165) is 28.1 Å². The number of aromatic nitrogens is 5. The van der Waals surface area contributed by atoms with Gasteiger partial charge in [-0.25, -0.2) is 9.67 Å². The molecule has 1 N–H and O–H groups in total. The number of nitrogens with one attached hydrogen (secondary N) is 1. The lowest BCUT2D eigenvalue weighted by Crippen LogP contribution is -2.28. The summed E-state index contributed by atoms with van der Waals surface area (Å²) in [4.78, 5) is 17.2. The fraction of sp³-hybridized carbons (Fsp3) is 0.238. The summed E-state index contributed by atoms with van der Waals surface area (Å²) in [5, 5.41) is 11.2. The molecule has 0 aliphatic heterocycles. The molecule has 0 saturated heterocycles. The number of para-hydroxylation sites is 2. The van der Waals surface area contributed by atoms with Gasteiger partial charge in [0, 0.05) is 13.1 Å². The minimum absolute atomic E-state index is 0.224. The molecule has 2 aromatic heterocycles. The minimum atomic E-state index is -0.224. The maximum Gasteiger partial charge on any atom is 0.273 e. The van der Waals surface area contributed by atoms with Crippen molar-refractivity contribution in [1.29, 1.82) is 0 Å². The van der Waals surface area contributed by atoms with Crippen LogP contribution in [0.15, 0.2) is 48.5 Å². The van der Waals surface area contributed by atoms with E-state index in [9.17, 15) is 4.79 Å². The lowest BCUT2D eigenvalue weighted by molar-refractivity contribution is 0.0946. The molecule has 4 aromatic rings. The van der Waals surface area contributed by atoms with Gasteiger partial charge in [0.15, 0.2) is 5.69 Å². The highest BCUT2D eigenvalue weighted by atomic mass is 16.2. The van der Waals surface area contributed by atoms with Crippen molar-refractivity contribution in [2.45, 2.75) is 27.3 Å². The summed E-state index contributed by atoms with van der Waals surface area (Å²) in [6, 6.07) is 15.9. The van der Waals surface area contributed by atoms with Crippen LogP contribution in [0.25, 0.3) is 16.7 Å². The van der Waals surface area contributed by atoms with E-state index in [1.54, 1.807) is 4.68 Å². The third-order valence-electron chi connectivity index (χ3n) is 4.82. The van der Waals surface area contributed by atoms with Crippen LogP contribution in [0.5, 0.6) is 0 Å². The average Bonchev–Trinajstić information content (AvgIpc) is 3.21. The van der Waals surface area contributed by atoms with Crippen LogP contribution in [0.4, 0.5) is 0 Å². The van der Waals surface area contributed by atoms with Gasteiger partial charge in [-0.2, -0.15) is 0 Å². The lowest BCUT2D eigenvalue weighted by Gasteiger charge is -2.08. The Hall–Kier alpha value is -3.48. The Morgan fingerprint density at radius 1 is 1.07 bits per heavy atom. The molecule has 28 heavy (non-hydrogen) atoms. The first-order valence-electron chi connectivity index (χ1n) is 9.24. The molecule has 142 valence electrons. The number of hydrogen-bond acceptors (Lipinski definition) is 4. The average molecular weight is 374 g/mol. The number of imidazole rings is 1. The summed E-state index contributed by atoms with van der Waals surface area (Å²) >= 11 is 0. The molecular weight excluding hydrogens is 352 g/mol. The predicted molar refractivity (Wildman–Crippen MR) is 108 cm³/mol. The van der Waals surface area contributed by atoms with Gasteiger partial charge in [-0.1, -0.05) is 29.5 Å². The molecule has 7 heteroatoms. The van der Waals surface area contributed by atoms with Crippen molar-refractivity contribution in [2.24, 2.45) is 0 Å². The van der Waals surface area contributed by atoms with Crippen molar-refractivity contribution in [2.75, 3.05) is 6.54 Å². The Kier molecular flexibility index (Phi) is 4.65. The number of amides is 1. The van der Waals surface area contributed by atoms with E-state index in [2.05, 4.69) is 25.2 Å². The first-order valence-corrected chi connectivity index (χ1v) is 9.24. The van der Waals surface area contributed by atoms with Crippen LogP contribution in [-0.2, 0) is 6.54 Å². The molecule has 0 bridgehead atoms. The van der Waals surface area contributed by atoms with Crippen LogP contribution in [0.3, 0.4) is 0 Å². The largest absolute Gasteiger partial charge is 0.349 e. The normalized spacial score (nSPS) is 11.1. The van der Waals surface area contributed by atoms with Gasteiger partial charge >= 0.3 is 0 Å². The second-order valence-corrected chi connectivity index (χ2v) is 6.83. The van der Waals surface area contributed by atoms with Crippen LogP contribution in [0.1, 0.15) is 27.6 Å². The fourth-order valence-electron chi connectivity index (χ4n) is 3.39. The number of benzene rings is 2. The molecule has 0 unspecified atom stereocenters. The van der Waals surface area contributed by atoms with Gasteiger partial charge < -0.3 is 9.88 Å². The molecule has 0 atom stereocenters. The van der Waals surface area contributed by atoms with Crippen molar-refractivity contribution in [3.05, 3.63) is 71.3 Å². The summed E-state index contributed by atoms with van der Waals surface area (Å²) < 4.78 is 3.79. The molecule has 0 fully saturated rings. The van der Waals surface area contributed by atoms with Crippen LogP contribution in [-0.4, -0.2) is 37.0 Å². The van der Waals surface area contributed by atoms with E-state index in [0.29, 0.717) is 24.5 Å². The maximum absolute atomic E-state index is 12.6. The fourth-order valence-corrected chi connectivity index (χ4v) is 3.39. The number of nitrogens with zero attached hydrogens (tertiary/aromatic N) is 5. The molecule has 0 aliphatic rings. The molecule has 1 amide bonds. The van der Waals surface area contributed by atoms with Crippen LogP contribution >= 0.6 is 0 Å². The summed E-state index contributed by atoms with van der Waals surface area (Å²) in [5.74, 6) is 0.704. The van der Waals surface area contributed by atoms with E-state index in [4.69, 9.17) is 0 Å². The zero-order valence-corrected chi connectivity index (χ0v) is 16.2. The quantitative estimate of drug-likeness (QED) is 0.583.